The summed E-state index contributed by atoms with van der Waals surface area (Å²) in [5.74, 6) is -1.04. The van der Waals surface area contributed by atoms with Gasteiger partial charge in [-0.15, -0.1) is 0 Å². The van der Waals surface area contributed by atoms with Crippen molar-refractivity contribution in [1.29, 1.82) is 0 Å². The van der Waals surface area contributed by atoms with Gasteiger partial charge in [-0.3, -0.25) is 9.59 Å². The topological polar surface area (TPSA) is 79.5 Å². The fourth-order valence-corrected chi connectivity index (χ4v) is 3.01. The molecule has 0 spiro atoms. The molecule has 0 aliphatic carbocycles. The number of carbonyl (C=O) groups excluding carboxylic acids is 3. The van der Waals surface area contributed by atoms with Gasteiger partial charge in [-0.2, -0.15) is 0 Å². The number of amides is 1. The number of halogens is 1. The van der Waals surface area contributed by atoms with Crippen molar-refractivity contribution in [3.05, 3.63) is 57.4 Å². The first-order valence-corrected chi connectivity index (χ1v) is 9.00. The Hall–Kier alpha value is -2.60. The van der Waals surface area contributed by atoms with Crippen LogP contribution in [0.25, 0.3) is 0 Å². The minimum absolute atomic E-state index is 0.244. The van der Waals surface area contributed by atoms with E-state index in [1.807, 2.05) is 0 Å². The van der Waals surface area contributed by atoms with Crippen LogP contribution >= 0.6 is 11.6 Å². The maximum absolute atomic E-state index is 13.0. The molecule has 1 amide bonds. The fraction of sp³-hybridized carbons (Fsp3) is 0.350. The van der Waals surface area contributed by atoms with Crippen LogP contribution in [0.2, 0.25) is 5.02 Å². The third-order valence-corrected chi connectivity index (χ3v) is 4.79. The Kier molecular flexibility index (Phi) is 6.44. The molecule has 2 aromatic rings. The van der Waals surface area contributed by atoms with E-state index < -0.39 is 12.0 Å². The monoisotopic (exact) mass is 390 g/mol. The number of esters is 1. The van der Waals surface area contributed by atoms with Crippen LogP contribution in [-0.2, 0) is 4.74 Å². The van der Waals surface area contributed by atoms with Crippen molar-refractivity contribution >= 4 is 29.3 Å². The molecule has 0 saturated carbocycles. The number of aromatic amines is 1. The van der Waals surface area contributed by atoms with E-state index in [0.717, 1.165) is 0 Å². The first-order chi connectivity index (χ1) is 12.7. The molecule has 0 saturated heterocycles. The third kappa shape index (κ3) is 4.22. The molecular formula is C20H23ClN2O4. The van der Waals surface area contributed by atoms with Gasteiger partial charge >= 0.3 is 5.97 Å². The number of ketones is 1. The van der Waals surface area contributed by atoms with E-state index in [9.17, 15) is 14.4 Å². The Bertz CT molecular complexity index is 871. The lowest BCUT2D eigenvalue weighted by Crippen LogP contribution is -2.40. The van der Waals surface area contributed by atoms with Crippen molar-refractivity contribution in [2.75, 3.05) is 13.7 Å². The molecule has 0 aliphatic rings. The second-order valence-electron chi connectivity index (χ2n) is 6.31. The number of Topliss-reactive ketones (excluding diaryl/α,β-unsaturated/α-hetero) is 1. The van der Waals surface area contributed by atoms with E-state index >= 15 is 0 Å². The van der Waals surface area contributed by atoms with Crippen molar-refractivity contribution in [3.8, 4) is 0 Å². The molecule has 6 nitrogen and oxygen atoms in total. The summed E-state index contributed by atoms with van der Waals surface area (Å²) in [4.78, 5) is 42.0. The van der Waals surface area contributed by atoms with E-state index in [1.54, 1.807) is 59.0 Å². The fourth-order valence-electron chi connectivity index (χ4n) is 2.88. The number of ether oxygens (including phenoxy) is 1. The summed E-state index contributed by atoms with van der Waals surface area (Å²) in [5.41, 5.74) is 2.20. The maximum Gasteiger partial charge on any atom is 0.355 e. The quantitative estimate of drug-likeness (QED) is 0.601. The molecule has 1 aromatic carbocycles. The van der Waals surface area contributed by atoms with E-state index in [2.05, 4.69) is 4.98 Å². The number of hydrogen-bond acceptors (Lipinski definition) is 4. The summed E-state index contributed by atoms with van der Waals surface area (Å²) in [6, 6.07) is 5.77. The minimum atomic E-state index is -0.712. The maximum atomic E-state index is 13.0. The number of H-pyrrole nitrogens is 1. The minimum Gasteiger partial charge on any atom is -0.461 e. The van der Waals surface area contributed by atoms with Crippen molar-refractivity contribution in [2.24, 2.45) is 0 Å². The van der Waals surface area contributed by atoms with Gasteiger partial charge in [-0.25, -0.2) is 4.79 Å². The van der Waals surface area contributed by atoms with Crippen LogP contribution < -0.4 is 0 Å². The smallest absolute Gasteiger partial charge is 0.355 e. The average Bonchev–Trinajstić information content (AvgIpc) is 2.94. The lowest BCUT2D eigenvalue weighted by Gasteiger charge is -2.24. The molecule has 1 atom stereocenters. The molecule has 1 aromatic heterocycles. The highest BCUT2D eigenvalue weighted by molar-refractivity contribution is 6.30. The molecular weight excluding hydrogens is 368 g/mol. The number of carbonyl (C=O) groups is 3. The molecule has 0 radical (unpaired) electrons. The van der Waals surface area contributed by atoms with Crippen molar-refractivity contribution in [2.45, 2.75) is 33.7 Å². The summed E-state index contributed by atoms with van der Waals surface area (Å²) in [5, 5.41) is 0.531. The highest BCUT2D eigenvalue weighted by atomic mass is 35.5. The van der Waals surface area contributed by atoms with Crippen LogP contribution in [-0.4, -0.2) is 47.2 Å². The van der Waals surface area contributed by atoms with Crippen molar-refractivity contribution < 1.29 is 19.1 Å². The number of nitrogens with zero attached hydrogens (tertiary/aromatic N) is 1. The zero-order valence-electron chi connectivity index (χ0n) is 16.1. The Morgan fingerprint density at radius 2 is 1.78 bits per heavy atom. The molecule has 144 valence electrons. The second kappa shape index (κ2) is 8.39. The lowest BCUT2D eigenvalue weighted by atomic mass is 9.99. The summed E-state index contributed by atoms with van der Waals surface area (Å²) < 4.78 is 5.01. The molecule has 0 fully saturated rings. The van der Waals surface area contributed by atoms with Gasteiger partial charge in [0.25, 0.3) is 5.91 Å². The van der Waals surface area contributed by atoms with Gasteiger partial charge in [0.05, 0.1) is 12.6 Å². The van der Waals surface area contributed by atoms with Crippen LogP contribution in [0.1, 0.15) is 56.3 Å². The zero-order chi connectivity index (χ0) is 20.3. The van der Waals surface area contributed by atoms with Crippen LogP contribution in [0.5, 0.6) is 0 Å². The van der Waals surface area contributed by atoms with E-state index in [0.29, 0.717) is 27.4 Å². The summed E-state index contributed by atoms with van der Waals surface area (Å²) in [7, 11) is 1.57. The molecule has 1 heterocycles. The van der Waals surface area contributed by atoms with Gasteiger partial charge in [0.15, 0.2) is 5.78 Å². The highest BCUT2D eigenvalue weighted by Crippen LogP contribution is 2.22. The Labute approximate surface area is 163 Å². The van der Waals surface area contributed by atoms with Gasteiger partial charge < -0.3 is 14.6 Å². The average molecular weight is 391 g/mol. The van der Waals surface area contributed by atoms with Crippen LogP contribution in [0.3, 0.4) is 0 Å². The number of nitrogens with one attached hydrogen (secondary N) is 1. The van der Waals surface area contributed by atoms with Gasteiger partial charge in [-0.1, -0.05) is 11.6 Å². The molecule has 0 aliphatic heterocycles. The molecule has 1 unspecified atom stereocenters. The largest absolute Gasteiger partial charge is 0.461 e. The Morgan fingerprint density at radius 1 is 1.19 bits per heavy atom. The number of aromatic nitrogens is 1. The SMILES string of the molecule is CCOC(=O)c1[nH]c(C)c(C(=O)C(C)N(C)C(=O)c2ccc(Cl)cc2)c1C. The molecule has 0 bridgehead atoms. The number of hydrogen-bond donors (Lipinski definition) is 1. The normalized spacial score (nSPS) is 11.8. The highest BCUT2D eigenvalue weighted by Gasteiger charge is 2.29. The Balaban J connectivity index is 2.27. The first-order valence-electron chi connectivity index (χ1n) is 8.62. The predicted molar refractivity (Wildman–Crippen MR) is 104 cm³/mol. The van der Waals surface area contributed by atoms with Crippen molar-refractivity contribution in [1.82, 2.24) is 9.88 Å². The number of aryl methyl sites for hydroxylation is 1. The zero-order valence-corrected chi connectivity index (χ0v) is 16.8. The van der Waals surface area contributed by atoms with Gasteiger partial charge in [0.1, 0.15) is 5.69 Å². The van der Waals surface area contributed by atoms with Crippen LogP contribution in [0, 0.1) is 13.8 Å². The summed E-state index contributed by atoms with van der Waals surface area (Å²) in [6.07, 6.45) is 0. The third-order valence-electron chi connectivity index (χ3n) is 4.54. The van der Waals surface area contributed by atoms with Crippen molar-refractivity contribution in [3.63, 3.8) is 0 Å². The molecule has 27 heavy (non-hydrogen) atoms. The molecule has 7 heteroatoms. The van der Waals surface area contributed by atoms with Gasteiger partial charge in [0, 0.05) is 28.9 Å². The van der Waals surface area contributed by atoms with Crippen LogP contribution in [0.15, 0.2) is 24.3 Å². The van der Waals surface area contributed by atoms with E-state index in [4.69, 9.17) is 16.3 Å². The summed E-state index contributed by atoms with van der Waals surface area (Å²) >= 11 is 5.85. The Morgan fingerprint density at radius 3 is 2.33 bits per heavy atom. The number of likely N-dealkylation sites (N-methyl/N-ethyl adjacent to an activating group) is 1. The summed E-state index contributed by atoms with van der Waals surface area (Å²) in [6.45, 7) is 7.03. The number of rotatable bonds is 6. The van der Waals surface area contributed by atoms with E-state index in [-0.39, 0.29) is 24.0 Å². The predicted octanol–water partition coefficient (Wildman–Crippen LogP) is 3.81. The van der Waals surface area contributed by atoms with Gasteiger partial charge in [-0.05, 0) is 57.5 Å². The molecule has 2 rings (SSSR count). The van der Waals surface area contributed by atoms with Gasteiger partial charge in [0.2, 0.25) is 0 Å². The second-order valence-corrected chi connectivity index (χ2v) is 6.75. The first kappa shape index (κ1) is 20.7. The molecule has 1 N–H and O–H groups in total. The number of benzene rings is 1. The van der Waals surface area contributed by atoms with Crippen LogP contribution in [0.4, 0.5) is 0 Å². The lowest BCUT2D eigenvalue weighted by molar-refractivity contribution is 0.0519. The van der Waals surface area contributed by atoms with E-state index in [1.165, 1.54) is 4.90 Å². The standard InChI is InChI=1S/C20H23ClN2O4/c1-6-27-20(26)17-11(2)16(12(3)22-17)18(24)13(4)23(5)19(25)14-7-9-15(21)10-8-14/h7-10,13,22H,6H2,1-5H3.